The average Bonchev–Trinajstić information content (AvgIpc) is 2.86. The molecule has 5 nitrogen and oxygen atoms in total. The van der Waals surface area contributed by atoms with Crippen LogP contribution < -0.4 is 0 Å². The molecule has 4 heterocycles. The van der Waals surface area contributed by atoms with E-state index in [9.17, 15) is 10.2 Å². The number of aryl methyl sites for hydroxylation is 1. The lowest BCUT2D eigenvalue weighted by molar-refractivity contribution is 0.0890. The number of pyridine rings is 1. The van der Waals surface area contributed by atoms with E-state index in [-0.39, 0.29) is 12.4 Å². The minimum absolute atomic E-state index is 0.0648. The van der Waals surface area contributed by atoms with Crippen LogP contribution in [0, 0.1) is 18.8 Å². The van der Waals surface area contributed by atoms with Crippen LogP contribution in [-0.2, 0) is 13.2 Å². The Morgan fingerprint density at radius 3 is 2.72 bits per heavy atom. The van der Waals surface area contributed by atoms with Gasteiger partial charge in [-0.3, -0.25) is 14.8 Å². The van der Waals surface area contributed by atoms with Crippen molar-refractivity contribution in [3.8, 4) is 5.75 Å². The number of hydrogen-bond acceptors (Lipinski definition) is 5. The summed E-state index contributed by atoms with van der Waals surface area (Å²) < 4.78 is 0. The van der Waals surface area contributed by atoms with E-state index in [0.29, 0.717) is 11.7 Å². The van der Waals surface area contributed by atoms with Gasteiger partial charge in [0.25, 0.3) is 0 Å². The first-order chi connectivity index (χ1) is 12.1. The number of aliphatic hydroxyl groups excluding tert-OH is 1. The summed E-state index contributed by atoms with van der Waals surface area (Å²) in [7, 11) is 0. The number of piperidine rings is 1. The first-order valence-electron chi connectivity index (χ1n) is 9.87. The second-order valence-corrected chi connectivity index (χ2v) is 8.40. The number of hydrogen-bond donors (Lipinski definition) is 2. The van der Waals surface area contributed by atoms with Gasteiger partial charge in [-0.1, -0.05) is 6.42 Å². The maximum atomic E-state index is 10.5. The molecule has 0 aromatic carbocycles. The summed E-state index contributed by atoms with van der Waals surface area (Å²) in [6.45, 7) is 7.19. The topological polar surface area (TPSA) is 59.8 Å². The Morgan fingerprint density at radius 1 is 1.16 bits per heavy atom. The summed E-state index contributed by atoms with van der Waals surface area (Å²) in [6, 6.07) is 0.655. The monoisotopic (exact) mass is 345 g/mol. The van der Waals surface area contributed by atoms with Gasteiger partial charge in [-0.25, -0.2) is 0 Å². The van der Waals surface area contributed by atoms with Crippen LogP contribution in [0.1, 0.15) is 48.9 Å². The molecule has 5 heteroatoms. The van der Waals surface area contributed by atoms with Crippen LogP contribution in [0.3, 0.4) is 0 Å². The number of rotatable bonds is 5. The minimum Gasteiger partial charge on any atom is -0.506 e. The molecule has 0 spiro atoms. The third kappa shape index (κ3) is 3.55. The van der Waals surface area contributed by atoms with E-state index >= 15 is 0 Å². The molecule has 2 bridgehead atoms. The van der Waals surface area contributed by atoms with Crippen molar-refractivity contribution in [1.82, 2.24) is 14.8 Å². The third-order valence-electron chi connectivity index (χ3n) is 6.60. The molecule has 5 rings (SSSR count). The quantitative estimate of drug-likeness (QED) is 0.857. The second kappa shape index (κ2) is 7.22. The molecule has 3 aliphatic heterocycles. The lowest BCUT2D eigenvalue weighted by atomic mass is 9.83. The summed E-state index contributed by atoms with van der Waals surface area (Å²) in [5, 5.41) is 20.1. The van der Waals surface area contributed by atoms with Crippen LogP contribution in [-0.4, -0.2) is 57.2 Å². The predicted octanol–water partition coefficient (Wildman–Crippen LogP) is 2.28. The predicted molar refractivity (Wildman–Crippen MR) is 97.3 cm³/mol. The summed E-state index contributed by atoms with van der Waals surface area (Å²) in [5.74, 6) is 1.93. The van der Waals surface area contributed by atoms with E-state index in [0.717, 1.165) is 42.6 Å². The van der Waals surface area contributed by atoms with Crippen LogP contribution >= 0.6 is 0 Å². The second-order valence-electron chi connectivity index (χ2n) is 8.40. The van der Waals surface area contributed by atoms with Gasteiger partial charge in [0.2, 0.25) is 0 Å². The maximum Gasteiger partial charge on any atom is 0.141 e. The zero-order valence-electron chi connectivity index (χ0n) is 15.3. The molecule has 0 radical (unpaired) electrons. The van der Waals surface area contributed by atoms with E-state index in [2.05, 4.69) is 14.8 Å². The number of nitrogens with zero attached hydrogens (tertiary/aromatic N) is 3. The van der Waals surface area contributed by atoms with E-state index < -0.39 is 0 Å². The average molecular weight is 345 g/mol. The van der Waals surface area contributed by atoms with E-state index in [4.69, 9.17) is 0 Å². The zero-order chi connectivity index (χ0) is 17.4. The van der Waals surface area contributed by atoms with E-state index in [1.165, 1.54) is 45.2 Å². The Hall–Kier alpha value is -1.17. The Kier molecular flexibility index (Phi) is 4.98. The normalized spacial score (nSPS) is 28.1. The third-order valence-corrected chi connectivity index (χ3v) is 6.60. The van der Waals surface area contributed by atoms with Gasteiger partial charge in [-0.05, 0) is 44.4 Å². The van der Waals surface area contributed by atoms with Crippen molar-refractivity contribution in [3.05, 3.63) is 23.0 Å². The van der Waals surface area contributed by atoms with Crippen LogP contribution in [0.15, 0.2) is 6.20 Å². The van der Waals surface area contributed by atoms with Crippen LogP contribution in [0.25, 0.3) is 0 Å². The van der Waals surface area contributed by atoms with Crippen molar-refractivity contribution in [1.29, 1.82) is 0 Å². The maximum absolute atomic E-state index is 10.5. The van der Waals surface area contributed by atoms with Crippen molar-refractivity contribution < 1.29 is 10.2 Å². The standard InChI is InChI=1S/C20H31N3O2/c1-14-20(25)19(17(13-24)7-21-14)12-22-8-16-5-6-18(11-22)23(10-16)9-15-3-2-4-15/h7,15-16,18,24-25H,2-6,8-13H2,1H3/t16-,18+/m1/s1. The fourth-order valence-corrected chi connectivity index (χ4v) is 4.86. The number of aromatic nitrogens is 1. The van der Waals surface area contributed by atoms with Crippen LogP contribution in [0.4, 0.5) is 0 Å². The van der Waals surface area contributed by atoms with Gasteiger partial charge >= 0.3 is 0 Å². The van der Waals surface area contributed by atoms with Gasteiger partial charge in [0.05, 0.1) is 12.3 Å². The molecular weight excluding hydrogens is 314 g/mol. The van der Waals surface area contributed by atoms with Gasteiger partial charge in [0.15, 0.2) is 0 Å². The zero-order valence-corrected chi connectivity index (χ0v) is 15.3. The molecule has 1 saturated carbocycles. The Balaban J connectivity index is 1.48. The van der Waals surface area contributed by atoms with Crippen LogP contribution in [0.2, 0.25) is 0 Å². The van der Waals surface area contributed by atoms with Gasteiger partial charge in [-0.2, -0.15) is 0 Å². The highest BCUT2D eigenvalue weighted by Crippen LogP contribution is 2.34. The molecular formula is C20H31N3O2. The first-order valence-corrected chi connectivity index (χ1v) is 9.87. The smallest absolute Gasteiger partial charge is 0.141 e. The summed E-state index contributed by atoms with van der Waals surface area (Å²) in [6.07, 6.45) is 8.60. The lowest BCUT2D eigenvalue weighted by Gasteiger charge is -2.40. The van der Waals surface area contributed by atoms with Crippen LogP contribution in [0.5, 0.6) is 5.75 Å². The van der Waals surface area contributed by atoms with Gasteiger partial charge in [0, 0.05) is 56.1 Å². The molecule has 0 amide bonds. The van der Waals surface area contributed by atoms with Crippen molar-refractivity contribution in [2.45, 2.75) is 58.2 Å². The highest BCUT2D eigenvalue weighted by Gasteiger charge is 2.36. The minimum atomic E-state index is -0.0648. The Labute approximate surface area is 150 Å². The number of aromatic hydroxyl groups is 1. The highest BCUT2D eigenvalue weighted by molar-refractivity contribution is 5.40. The van der Waals surface area contributed by atoms with Crippen molar-refractivity contribution in [2.24, 2.45) is 11.8 Å². The summed E-state index contributed by atoms with van der Waals surface area (Å²) in [4.78, 5) is 9.44. The molecule has 0 unspecified atom stereocenters. The Morgan fingerprint density at radius 2 is 2.00 bits per heavy atom. The molecule has 3 saturated heterocycles. The molecule has 2 atom stereocenters. The molecule has 1 aromatic heterocycles. The highest BCUT2D eigenvalue weighted by atomic mass is 16.3. The van der Waals surface area contributed by atoms with Crippen molar-refractivity contribution in [3.63, 3.8) is 0 Å². The molecule has 1 aliphatic carbocycles. The molecule has 25 heavy (non-hydrogen) atoms. The Bertz CT molecular complexity index is 617. The van der Waals surface area contributed by atoms with Gasteiger partial charge in [-0.15, -0.1) is 0 Å². The molecule has 4 fully saturated rings. The molecule has 1 aromatic rings. The molecule has 4 aliphatic rings. The van der Waals surface area contributed by atoms with Crippen molar-refractivity contribution in [2.75, 3.05) is 26.2 Å². The van der Waals surface area contributed by atoms with E-state index in [1.807, 2.05) is 6.92 Å². The molecule has 2 N–H and O–H groups in total. The van der Waals surface area contributed by atoms with Gasteiger partial charge in [0.1, 0.15) is 5.75 Å². The SMILES string of the molecule is Cc1ncc(CO)c(CN2C[C@H]3CC[C@@H](C2)N(CC2CCC2)C3)c1O. The largest absolute Gasteiger partial charge is 0.506 e. The fourth-order valence-electron chi connectivity index (χ4n) is 4.86. The van der Waals surface area contributed by atoms with E-state index in [1.54, 1.807) is 6.20 Å². The fraction of sp³-hybridized carbons (Fsp3) is 0.750. The first kappa shape index (κ1) is 17.3. The molecule has 138 valence electrons. The number of fused-ring (bicyclic) bond motifs is 4. The number of aliphatic hydroxyl groups is 1. The van der Waals surface area contributed by atoms with Gasteiger partial charge < -0.3 is 10.2 Å². The summed E-state index contributed by atoms with van der Waals surface area (Å²) in [5.41, 5.74) is 2.27. The summed E-state index contributed by atoms with van der Waals surface area (Å²) >= 11 is 0. The van der Waals surface area contributed by atoms with Crippen molar-refractivity contribution >= 4 is 0 Å². The lowest BCUT2D eigenvalue weighted by Crippen LogP contribution is -2.46.